The SMILES string of the molecule is CN(C)C1(C)CCSCC1. The molecule has 0 N–H and O–H groups in total. The predicted molar refractivity (Wildman–Crippen MR) is 48.7 cm³/mol. The van der Waals surface area contributed by atoms with Gasteiger partial charge in [0.15, 0.2) is 0 Å². The summed E-state index contributed by atoms with van der Waals surface area (Å²) >= 11 is 2.09. The Labute approximate surface area is 68.2 Å². The van der Waals surface area contributed by atoms with Gasteiger partial charge in [0, 0.05) is 5.54 Å². The van der Waals surface area contributed by atoms with Gasteiger partial charge < -0.3 is 4.90 Å². The lowest BCUT2D eigenvalue weighted by atomic mass is 9.94. The largest absolute Gasteiger partial charge is 0.304 e. The van der Waals surface area contributed by atoms with Crippen molar-refractivity contribution in [1.82, 2.24) is 4.90 Å². The number of nitrogens with zero attached hydrogens (tertiary/aromatic N) is 1. The summed E-state index contributed by atoms with van der Waals surface area (Å²) in [4.78, 5) is 2.37. The highest BCUT2D eigenvalue weighted by Crippen LogP contribution is 2.29. The molecule has 0 aromatic rings. The molecule has 1 rings (SSSR count). The van der Waals surface area contributed by atoms with Gasteiger partial charge in [0.2, 0.25) is 0 Å². The summed E-state index contributed by atoms with van der Waals surface area (Å²) in [6, 6.07) is 0. The molecule has 0 aromatic carbocycles. The van der Waals surface area contributed by atoms with Crippen LogP contribution in [0.1, 0.15) is 19.8 Å². The normalized spacial score (nSPS) is 25.2. The molecular weight excluding hydrogens is 142 g/mol. The second-order valence-electron chi connectivity index (χ2n) is 3.50. The first-order valence-electron chi connectivity index (χ1n) is 3.90. The maximum atomic E-state index is 2.37. The number of hydrogen-bond acceptors (Lipinski definition) is 2. The van der Waals surface area contributed by atoms with E-state index in [-0.39, 0.29) is 0 Å². The van der Waals surface area contributed by atoms with E-state index in [2.05, 4.69) is 37.7 Å². The molecule has 0 unspecified atom stereocenters. The number of hydrogen-bond donors (Lipinski definition) is 0. The van der Waals surface area contributed by atoms with Gasteiger partial charge in [-0.2, -0.15) is 11.8 Å². The lowest BCUT2D eigenvalue weighted by Gasteiger charge is -2.39. The Bertz CT molecular complexity index is 106. The van der Waals surface area contributed by atoms with E-state index in [0.29, 0.717) is 5.54 Å². The Kier molecular flexibility index (Phi) is 2.64. The molecular formula is C8H17NS. The fourth-order valence-electron chi connectivity index (χ4n) is 1.26. The summed E-state index contributed by atoms with van der Waals surface area (Å²) in [5.74, 6) is 2.68. The van der Waals surface area contributed by atoms with Gasteiger partial charge >= 0.3 is 0 Å². The monoisotopic (exact) mass is 159 g/mol. The summed E-state index contributed by atoms with van der Waals surface area (Å²) < 4.78 is 0. The van der Waals surface area contributed by atoms with Crippen LogP contribution in [-0.4, -0.2) is 36.0 Å². The van der Waals surface area contributed by atoms with E-state index >= 15 is 0 Å². The van der Waals surface area contributed by atoms with Crippen molar-refractivity contribution in [2.24, 2.45) is 0 Å². The van der Waals surface area contributed by atoms with E-state index in [4.69, 9.17) is 0 Å². The van der Waals surface area contributed by atoms with Crippen LogP contribution in [0.2, 0.25) is 0 Å². The minimum Gasteiger partial charge on any atom is -0.304 e. The van der Waals surface area contributed by atoms with Gasteiger partial charge in [-0.3, -0.25) is 0 Å². The summed E-state index contributed by atoms with van der Waals surface area (Å²) in [6.45, 7) is 2.37. The molecule has 0 amide bonds. The molecule has 1 saturated heterocycles. The van der Waals surface area contributed by atoms with Crippen LogP contribution in [-0.2, 0) is 0 Å². The van der Waals surface area contributed by atoms with Crippen molar-refractivity contribution in [2.75, 3.05) is 25.6 Å². The third-order valence-electron chi connectivity index (χ3n) is 2.65. The first kappa shape index (κ1) is 8.41. The third-order valence-corrected chi connectivity index (χ3v) is 3.64. The van der Waals surface area contributed by atoms with Gasteiger partial charge in [0.05, 0.1) is 0 Å². The van der Waals surface area contributed by atoms with Gasteiger partial charge in [-0.15, -0.1) is 0 Å². The molecule has 0 atom stereocenters. The van der Waals surface area contributed by atoms with Crippen molar-refractivity contribution >= 4 is 11.8 Å². The van der Waals surface area contributed by atoms with Crippen molar-refractivity contribution in [2.45, 2.75) is 25.3 Å². The molecule has 0 spiro atoms. The zero-order valence-corrected chi connectivity index (χ0v) is 8.00. The fourth-order valence-corrected chi connectivity index (χ4v) is 2.63. The summed E-state index contributed by atoms with van der Waals surface area (Å²) in [6.07, 6.45) is 2.70. The van der Waals surface area contributed by atoms with Crippen molar-refractivity contribution in [3.8, 4) is 0 Å². The third kappa shape index (κ3) is 1.67. The Morgan fingerprint density at radius 3 is 2.00 bits per heavy atom. The highest BCUT2D eigenvalue weighted by Gasteiger charge is 2.28. The van der Waals surface area contributed by atoms with Crippen LogP contribution in [0, 0.1) is 0 Å². The lowest BCUT2D eigenvalue weighted by Crippen LogP contribution is -2.44. The predicted octanol–water partition coefficient (Wildman–Crippen LogP) is 1.83. The van der Waals surface area contributed by atoms with Crippen molar-refractivity contribution in [3.05, 3.63) is 0 Å². The smallest absolute Gasteiger partial charge is 0.0191 e. The summed E-state index contributed by atoms with van der Waals surface area (Å²) in [5.41, 5.74) is 0.491. The zero-order valence-electron chi connectivity index (χ0n) is 7.18. The molecule has 1 aliphatic heterocycles. The average Bonchev–Trinajstić information content (AvgIpc) is 1.89. The van der Waals surface area contributed by atoms with Gasteiger partial charge in [0.1, 0.15) is 0 Å². The fraction of sp³-hybridized carbons (Fsp3) is 1.00. The minimum atomic E-state index is 0.491. The van der Waals surface area contributed by atoms with Gasteiger partial charge in [-0.05, 0) is 45.4 Å². The Morgan fingerprint density at radius 1 is 1.20 bits per heavy atom. The van der Waals surface area contributed by atoms with Crippen LogP contribution < -0.4 is 0 Å². The Balaban J connectivity index is 2.48. The summed E-state index contributed by atoms with van der Waals surface area (Å²) in [5, 5.41) is 0. The van der Waals surface area contributed by atoms with Crippen molar-refractivity contribution in [3.63, 3.8) is 0 Å². The van der Waals surface area contributed by atoms with E-state index in [9.17, 15) is 0 Å². The minimum absolute atomic E-state index is 0.491. The van der Waals surface area contributed by atoms with Crippen LogP contribution in [0.15, 0.2) is 0 Å². The van der Waals surface area contributed by atoms with E-state index < -0.39 is 0 Å². The van der Waals surface area contributed by atoms with Crippen LogP contribution in [0.4, 0.5) is 0 Å². The zero-order chi connectivity index (χ0) is 7.61. The Hall–Kier alpha value is 0.310. The highest BCUT2D eigenvalue weighted by atomic mass is 32.2. The van der Waals surface area contributed by atoms with Crippen LogP contribution in [0.25, 0.3) is 0 Å². The van der Waals surface area contributed by atoms with E-state index in [1.165, 1.54) is 24.3 Å². The van der Waals surface area contributed by atoms with E-state index in [0.717, 1.165) is 0 Å². The second-order valence-corrected chi connectivity index (χ2v) is 4.73. The van der Waals surface area contributed by atoms with E-state index in [1.807, 2.05) is 0 Å². The number of thioether (sulfide) groups is 1. The van der Waals surface area contributed by atoms with Gasteiger partial charge in [-0.25, -0.2) is 0 Å². The molecule has 1 fully saturated rings. The van der Waals surface area contributed by atoms with E-state index in [1.54, 1.807) is 0 Å². The van der Waals surface area contributed by atoms with Crippen LogP contribution >= 0.6 is 11.8 Å². The standard InChI is InChI=1S/C8H17NS/c1-8(9(2)3)4-6-10-7-5-8/h4-7H2,1-3H3. The maximum Gasteiger partial charge on any atom is 0.0191 e. The molecule has 2 heteroatoms. The van der Waals surface area contributed by atoms with Crippen molar-refractivity contribution < 1.29 is 0 Å². The first-order valence-corrected chi connectivity index (χ1v) is 5.06. The topological polar surface area (TPSA) is 3.24 Å². The molecule has 0 saturated carbocycles. The highest BCUT2D eigenvalue weighted by molar-refractivity contribution is 7.99. The quantitative estimate of drug-likeness (QED) is 0.574. The van der Waals surface area contributed by atoms with Crippen LogP contribution in [0.3, 0.4) is 0 Å². The molecule has 0 bridgehead atoms. The molecule has 1 aliphatic rings. The summed E-state index contributed by atoms with van der Waals surface area (Å²) in [7, 11) is 4.38. The molecule has 1 nitrogen and oxygen atoms in total. The molecule has 1 heterocycles. The lowest BCUT2D eigenvalue weighted by molar-refractivity contribution is 0.160. The maximum absolute atomic E-state index is 2.37. The first-order chi connectivity index (χ1) is 4.65. The number of rotatable bonds is 1. The second kappa shape index (κ2) is 3.14. The Morgan fingerprint density at radius 2 is 1.70 bits per heavy atom. The molecule has 0 radical (unpaired) electrons. The van der Waals surface area contributed by atoms with Gasteiger partial charge in [-0.1, -0.05) is 0 Å². The molecule has 10 heavy (non-hydrogen) atoms. The molecule has 0 aliphatic carbocycles. The van der Waals surface area contributed by atoms with Crippen molar-refractivity contribution in [1.29, 1.82) is 0 Å². The van der Waals surface area contributed by atoms with Gasteiger partial charge in [0.25, 0.3) is 0 Å². The molecule has 0 aromatic heterocycles. The van der Waals surface area contributed by atoms with Crippen LogP contribution in [0.5, 0.6) is 0 Å². The average molecular weight is 159 g/mol. The molecule has 60 valence electrons.